The van der Waals surface area contributed by atoms with Crippen LogP contribution < -0.4 is 10.6 Å². The van der Waals surface area contributed by atoms with E-state index in [2.05, 4.69) is 43.9 Å². The summed E-state index contributed by atoms with van der Waals surface area (Å²) in [5.74, 6) is 1.31. The number of anilines is 2. The van der Waals surface area contributed by atoms with Crippen LogP contribution in [-0.2, 0) is 0 Å². The van der Waals surface area contributed by atoms with Crippen LogP contribution in [0.4, 0.5) is 11.9 Å². The van der Waals surface area contributed by atoms with E-state index in [0.29, 0.717) is 17.9 Å². The second-order valence-corrected chi connectivity index (χ2v) is 5.43. The molecule has 1 aliphatic rings. The highest BCUT2D eigenvalue weighted by Crippen LogP contribution is 2.19. The van der Waals surface area contributed by atoms with Crippen molar-refractivity contribution in [1.29, 1.82) is 0 Å². The maximum absolute atomic E-state index is 5.81. The third-order valence-electron chi connectivity index (χ3n) is 3.82. The van der Waals surface area contributed by atoms with E-state index in [0.717, 1.165) is 25.9 Å². The van der Waals surface area contributed by atoms with Crippen molar-refractivity contribution in [2.24, 2.45) is 0 Å². The maximum Gasteiger partial charge on any atom is 0.257 e. The lowest BCUT2D eigenvalue weighted by atomic mass is 10.0. The number of nitrogens with zero attached hydrogens (tertiary/aromatic N) is 7. The smallest absolute Gasteiger partial charge is 0.257 e. The zero-order valence-corrected chi connectivity index (χ0v) is 12.3. The number of hydrogen-bond donors (Lipinski definition) is 1. The molecule has 0 aliphatic carbocycles. The predicted molar refractivity (Wildman–Crippen MR) is 80.3 cm³/mol. The summed E-state index contributed by atoms with van der Waals surface area (Å²) in [4.78, 5) is 17.3. The van der Waals surface area contributed by atoms with Gasteiger partial charge in [0, 0.05) is 31.5 Å². The quantitative estimate of drug-likeness (QED) is 0.861. The van der Waals surface area contributed by atoms with Gasteiger partial charge in [0.15, 0.2) is 0 Å². The average Bonchev–Trinajstić information content (AvgIpc) is 3.01. The molecule has 1 fully saturated rings. The number of hydrogen-bond acceptors (Lipinski definition) is 7. The van der Waals surface area contributed by atoms with Crippen LogP contribution in [0.5, 0.6) is 0 Å². The van der Waals surface area contributed by atoms with E-state index < -0.39 is 0 Å². The summed E-state index contributed by atoms with van der Waals surface area (Å²) in [6, 6.07) is 2.44. The predicted octanol–water partition coefficient (Wildman–Crippen LogP) is 0.170. The minimum atomic E-state index is 0.222. The van der Waals surface area contributed by atoms with Gasteiger partial charge in [0.05, 0.1) is 0 Å². The largest absolute Gasteiger partial charge is 0.368 e. The van der Waals surface area contributed by atoms with Gasteiger partial charge in [-0.15, -0.1) is 0 Å². The lowest BCUT2D eigenvalue weighted by Crippen LogP contribution is -2.42. The van der Waals surface area contributed by atoms with Crippen molar-refractivity contribution in [3.63, 3.8) is 0 Å². The average molecular weight is 288 g/mol. The van der Waals surface area contributed by atoms with Gasteiger partial charge in [-0.2, -0.15) is 20.1 Å². The lowest BCUT2D eigenvalue weighted by molar-refractivity contribution is 0.249. The highest BCUT2D eigenvalue weighted by Gasteiger charge is 2.23. The van der Waals surface area contributed by atoms with Gasteiger partial charge in [-0.3, -0.25) is 0 Å². The first-order valence-corrected chi connectivity index (χ1v) is 7.06. The van der Waals surface area contributed by atoms with E-state index in [4.69, 9.17) is 5.73 Å². The Labute approximate surface area is 123 Å². The Morgan fingerprint density at radius 3 is 2.48 bits per heavy atom. The summed E-state index contributed by atoms with van der Waals surface area (Å²) >= 11 is 0. The van der Waals surface area contributed by atoms with Crippen molar-refractivity contribution >= 4 is 11.9 Å². The van der Waals surface area contributed by atoms with Gasteiger partial charge in [0.1, 0.15) is 0 Å². The number of nitrogen functional groups attached to an aromatic ring is 1. The molecule has 0 unspecified atom stereocenters. The molecule has 0 amide bonds. The van der Waals surface area contributed by atoms with Gasteiger partial charge >= 0.3 is 0 Å². The Balaban J connectivity index is 1.80. The van der Waals surface area contributed by atoms with Crippen molar-refractivity contribution in [2.75, 3.05) is 37.8 Å². The normalized spacial score (nSPS) is 16.6. The van der Waals surface area contributed by atoms with Crippen molar-refractivity contribution < 1.29 is 0 Å². The van der Waals surface area contributed by atoms with Crippen LogP contribution >= 0.6 is 0 Å². The number of aromatic nitrogens is 5. The minimum Gasteiger partial charge on any atom is -0.368 e. The molecular formula is C13H20N8. The minimum absolute atomic E-state index is 0.222. The molecule has 3 heterocycles. The number of piperidine rings is 1. The second-order valence-electron chi connectivity index (χ2n) is 5.43. The molecule has 0 bridgehead atoms. The first-order valence-electron chi connectivity index (χ1n) is 7.06. The van der Waals surface area contributed by atoms with Gasteiger partial charge in [0.25, 0.3) is 5.95 Å². The monoisotopic (exact) mass is 288 g/mol. The zero-order valence-electron chi connectivity index (χ0n) is 12.3. The van der Waals surface area contributed by atoms with E-state index >= 15 is 0 Å². The summed E-state index contributed by atoms with van der Waals surface area (Å²) in [6.45, 7) is 1.84. The molecule has 0 atom stereocenters. The molecule has 8 nitrogen and oxygen atoms in total. The Morgan fingerprint density at radius 1 is 1.14 bits per heavy atom. The summed E-state index contributed by atoms with van der Waals surface area (Å²) < 4.78 is 1.59. The fraction of sp³-hybridized carbons (Fsp3) is 0.538. The highest BCUT2D eigenvalue weighted by molar-refractivity contribution is 5.38. The molecule has 2 aromatic rings. The van der Waals surface area contributed by atoms with E-state index in [1.165, 1.54) is 0 Å². The fourth-order valence-corrected chi connectivity index (χ4v) is 2.58. The summed E-state index contributed by atoms with van der Waals surface area (Å²) in [7, 11) is 4.24. The van der Waals surface area contributed by atoms with Crippen molar-refractivity contribution in [3.8, 4) is 5.95 Å². The molecule has 0 saturated carbocycles. The third kappa shape index (κ3) is 2.94. The topological polar surface area (TPSA) is 89.0 Å². The van der Waals surface area contributed by atoms with E-state index in [1.807, 2.05) is 6.07 Å². The van der Waals surface area contributed by atoms with Crippen molar-refractivity contribution in [3.05, 3.63) is 18.5 Å². The molecule has 2 N–H and O–H groups in total. The van der Waals surface area contributed by atoms with Gasteiger partial charge in [-0.25, -0.2) is 4.68 Å². The van der Waals surface area contributed by atoms with Crippen LogP contribution in [0.1, 0.15) is 12.8 Å². The standard InChI is InChI=1S/C13H20N8/c1-19(2)10-4-8-20(9-5-10)12-16-11(14)17-13(18-12)21-7-3-6-15-21/h3,6-7,10H,4-5,8-9H2,1-2H3,(H2,14,16,17,18). The molecule has 21 heavy (non-hydrogen) atoms. The van der Waals surface area contributed by atoms with Crippen LogP contribution in [0.15, 0.2) is 18.5 Å². The zero-order chi connectivity index (χ0) is 14.8. The first-order chi connectivity index (χ1) is 10.1. The molecular weight excluding hydrogens is 268 g/mol. The number of nitrogens with two attached hydrogens (primary N) is 1. The SMILES string of the molecule is CN(C)C1CCN(c2nc(N)nc(-n3cccn3)n2)CC1. The van der Waals surface area contributed by atoms with Crippen molar-refractivity contribution in [2.45, 2.75) is 18.9 Å². The van der Waals surface area contributed by atoms with Crippen LogP contribution in [-0.4, -0.2) is 62.9 Å². The Bertz CT molecular complexity index is 586. The van der Waals surface area contributed by atoms with Gasteiger partial charge < -0.3 is 15.5 Å². The maximum atomic E-state index is 5.81. The summed E-state index contributed by atoms with van der Waals surface area (Å²) in [5.41, 5.74) is 5.81. The van der Waals surface area contributed by atoms with Crippen LogP contribution in [0.25, 0.3) is 5.95 Å². The Kier molecular flexibility index (Phi) is 3.70. The van der Waals surface area contributed by atoms with E-state index in [9.17, 15) is 0 Å². The molecule has 112 valence electrons. The molecule has 2 aromatic heterocycles. The van der Waals surface area contributed by atoms with Crippen LogP contribution in [0, 0.1) is 0 Å². The Morgan fingerprint density at radius 2 is 1.86 bits per heavy atom. The van der Waals surface area contributed by atoms with Crippen molar-refractivity contribution in [1.82, 2.24) is 29.6 Å². The second kappa shape index (κ2) is 5.65. The van der Waals surface area contributed by atoms with Gasteiger partial charge in [0.2, 0.25) is 11.9 Å². The fourth-order valence-electron chi connectivity index (χ4n) is 2.58. The van der Waals surface area contributed by atoms with Crippen LogP contribution in [0.2, 0.25) is 0 Å². The molecule has 1 aliphatic heterocycles. The molecule has 1 saturated heterocycles. The molecule has 3 rings (SSSR count). The van der Waals surface area contributed by atoms with E-state index in [-0.39, 0.29) is 5.95 Å². The molecule has 0 radical (unpaired) electrons. The number of rotatable bonds is 3. The van der Waals surface area contributed by atoms with Gasteiger partial charge in [-0.05, 0) is 33.0 Å². The summed E-state index contributed by atoms with van der Waals surface area (Å²) in [5, 5.41) is 4.13. The highest BCUT2D eigenvalue weighted by atomic mass is 15.4. The molecule has 8 heteroatoms. The summed E-state index contributed by atoms with van der Waals surface area (Å²) in [6.07, 6.45) is 5.66. The van der Waals surface area contributed by atoms with Crippen LogP contribution in [0.3, 0.4) is 0 Å². The first kappa shape index (κ1) is 13.7. The molecule has 0 aromatic carbocycles. The van der Waals surface area contributed by atoms with Gasteiger partial charge in [-0.1, -0.05) is 0 Å². The molecule has 0 spiro atoms. The lowest BCUT2D eigenvalue weighted by Gasteiger charge is -2.35. The Hall–Kier alpha value is -2.22. The third-order valence-corrected chi connectivity index (χ3v) is 3.82. The van der Waals surface area contributed by atoms with E-state index in [1.54, 1.807) is 17.1 Å².